The van der Waals surface area contributed by atoms with Crippen LogP contribution < -0.4 is 10.5 Å². The molecule has 1 unspecified atom stereocenters. The molecule has 4 rings (SSSR count). The molecular formula is C28H32F2N4O3. The summed E-state index contributed by atoms with van der Waals surface area (Å²) >= 11 is 0. The van der Waals surface area contributed by atoms with Crippen LogP contribution in [0, 0.1) is 11.6 Å². The number of benzene rings is 3. The van der Waals surface area contributed by atoms with E-state index in [0.29, 0.717) is 17.4 Å². The standard InChI is InChI=1S/C28H32F2N4O3/c1-20(34(36)28(31)35)21-6-12-26(13-7-21)37-19-18-32-14-16-33(17-15-32)27(22-2-8-24(29)9-3-22)23-4-10-25(30)11-5-23/h2-13,20,27,36H,14-19H2,1H3,(H2,31,35). The Hall–Kier alpha value is -3.53. The molecular weight excluding hydrogens is 478 g/mol. The van der Waals surface area contributed by atoms with Crippen molar-refractivity contribution >= 4 is 6.03 Å². The number of amides is 2. The average Bonchev–Trinajstić information content (AvgIpc) is 2.91. The van der Waals surface area contributed by atoms with Crippen LogP contribution in [0.25, 0.3) is 0 Å². The first-order chi connectivity index (χ1) is 17.8. The zero-order valence-corrected chi connectivity index (χ0v) is 20.8. The molecule has 0 bridgehead atoms. The van der Waals surface area contributed by atoms with Gasteiger partial charge in [0.15, 0.2) is 0 Å². The van der Waals surface area contributed by atoms with Crippen molar-refractivity contribution in [2.24, 2.45) is 5.73 Å². The van der Waals surface area contributed by atoms with E-state index in [-0.39, 0.29) is 17.7 Å². The van der Waals surface area contributed by atoms with Gasteiger partial charge in [-0.15, -0.1) is 0 Å². The number of ether oxygens (including phenoxy) is 1. The summed E-state index contributed by atoms with van der Waals surface area (Å²) in [5.74, 6) is 0.138. The summed E-state index contributed by atoms with van der Waals surface area (Å²) in [6, 6.07) is 18.7. The Morgan fingerprint density at radius 1 is 0.892 bits per heavy atom. The summed E-state index contributed by atoms with van der Waals surface area (Å²) in [5.41, 5.74) is 7.80. The number of hydrogen-bond acceptors (Lipinski definition) is 5. The molecule has 1 atom stereocenters. The van der Waals surface area contributed by atoms with E-state index in [1.165, 1.54) is 24.3 Å². The highest BCUT2D eigenvalue weighted by Crippen LogP contribution is 2.30. The number of nitrogens with zero attached hydrogens (tertiary/aromatic N) is 3. The van der Waals surface area contributed by atoms with E-state index in [0.717, 1.165) is 49.4 Å². The lowest BCUT2D eigenvalue weighted by Crippen LogP contribution is -2.48. The van der Waals surface area contributed by atoms with Gasteiger partial charge >= 0.3 is 6.03 Å². The van der Waals surface area contributed by atoms with Crippen molar-refractivity contribution in [3.63, 3.8) is 0 Å². The third-order valence-corrected chi connectivity index (χ3v) is 6.77. The van der Waals surface area contributed by atoms with Crippen molar-refractivity contribution in [2.45, 2.75) is 19.0 Å². The normalized spacial score (nSPS) is 15.5. The third-order valence-electron chi connectivity index (χ3n) is 6.77. The summed E-state index contributed by atoms with van der Waals surface area (Å²) in [4.78, 5) is 15.8. The molecule has 9 heteroatoms. The van der Waals surface area contributed by atoms with Crippen molar-refractivity contribution in [3.05, 3.63) is 101 Å². The van der Waals surface area contributed by atoms with Gasteiger partial charge in [0, 0.05) is 32.7 Å². The Morgan fingerprint density at radius 2 is 1.38 bits per heavy atom. The quantitative estimate of drug-likeness (QED) is 0.325. The molecule has 7 nitrogen and oxygen atoms in total. The smallest absolute Gasteiger partial charge is 0.339 e. The molecule has 1 fully saturated rings. The van der Waals surface area contributed by atoms with Crippen LogP contribution in [-0.2, 0) is 0 Å². The molecule has 1 aliphatic rings. The van der Waals surface area contributed by atoms with Crippen molar-refractivity contribution in [1.29, 1.82) is 0 Å². The lowest BCUT2D eigenvalue weighted by Gasteiger charge is -2.39. The summed E-state index contributed by atoms with van der Waals surface area (Å²) in [6.07, 6.45) is 0. The van der Waals surface area contributed by atoms with Gasteiger partial charge in [0.05, 0.1) is 12.1 Å². The zero-order chi connectivity index (χ0) is 26.4. The van der Waals surface area contributed by atoms with Crippen LogP contribution in [0.1, 0.15) is 35.7 Å². The molecule has 3 N–H and O–H groups in total. The number of halogens is 2. The number of urea groups is 1. The van der Waals surface area contributed by atoms with Crippen molar-refractivity contribution in [2.75, 3.05) is 39.3 Å². The van der Waals surface area contributed by atoms with E-state index in [2.05, 4.69) is 9.80 Å². The Kier molecular flexibility index (Phi) is 8.70. The van der Waals surface area contributed by atoms with E-state index >= 15 is 0 Å². The van der Waals surface area contributed by atoms with Gasteiger partial charge in [0.1, 0.15) is 24.0 Å². The predicted octanol–water partition coefficient (Wildman–Crippen LogP) is 4.58. The minimum absolute atomic E-state index is 0.0788. The maximum atomic E-state index is 13.5. The number of hydroxylamine groups is 2. The maximum Gasteiger partial charge on any atom is 0.339 e. The molecule has 1 saturated heterocycles. The molecule has 3 aromatic rings. The van der Waals surface area contributed by atoms with Gasteiger partial charge in [0.25, 0.3) is 0 Å². The topological polar surface area (TPSA) is 82.3 Å². The SMILES string of the molecule is CC(c1ccc(OCCN2CCN(C(c3ccc(F)cc3)c3ccc(F)cc3)CC2)cc1)N(O)C(N)=O. The molecule has 0 radical (unpaired) electrons. The molecule has 0 spiro atoms. The molecule has 0 aliphatic carbocycles. The van der Waals surface area contributed by atoms with E-state index < -0.39 is 12.1 Å². The van der Waals surface area contributed by atoms with E-state index in [9.17, 15) is 18.8 Å². The van der Waals surface area contributed by atoms with E-state index in [1.807, 2.05) is 0 Å². The predicted molar refractivity (Wildman–Crippen MR) is 136 cm³/mol. The second kappa shape index (κ2) is 12.1. The number of piperazine rings is 1. The first-order valence-electron chi connectivity index (χ1n) is 12.3. The van der Waals surface area contributed by atoms with Gasteiger partial charge in [-0.1, -0.05) is 36.4 Å². The van der Waals surface area contributed by atoms with Crippen LogP contribution in [0.2, 0.25) is 0 Å². The number of primary amides is 1. The van der Waals surface area contributed by atoms with Gasteiger partial charge in [-0.25, -0.2) is 13.6 Å². The average molecular weight is 511 g/mol. The molecule has 1 heterocycles. The summed E-state index contributed by atoms with van der Waals surface area (Å²) in [5, 5.41) is 10.2. The number of carbonyl (C=O) groups is 1. The zero-order valence-electron chi connectivity index (χ0n) is 20.8. The van der Waals surface area contributed by atoms with Gasteiger partial charge in [-0.05, 0) is 60.0 Å². The summed E-state index contributed by atoms with van der Waals surface area (Å²) < 4.78 is 33.0. The van der Waals surface area contributed by atoms with Crippen molar-refractivity contribution in [1.82, 2.24) is 14.9 Å². The molecule has 0 saturated carbocycles. The Balaban J connectivity index is 1.30. The Labute approximate surface area is 215 Å². The monoisotopic (exact) mass is 510 g/mol. The maximum absolute atomic E-state index is 13.5. The lowest BCUT2D eigenvalue weighted by atomic mass is 9.96. The number of nitrogens with two attached hydrogens (primary N) is 1. The minimum atomic E-state index is -0.908. The first-order valence-corrected chi connectivity index (χ1v) is 12.3. The van der Waals surface area contributed by atoms with E-state index in [4.69, 9.17) is 10.5 Å². The van der Waals surface area contributed by atoms with Crippen LogP contribution >= 0.6 is 0 Å². The second-order valence-electron chi connectivity index (χ2n) is 9.16. The van der Waals surface area contributed by atoms with Crippen LogP contribution in [0.4, 0.5) is 13.6 Å². The molecule has 0 aromatic heterocycles. The van der Waals surface area contributed by atoms with Gasteiger partial charge < -0.3 is 10.5 Å². The third kappa shape index (κ3) is 6.82. The number of hydrogen-bond donors (Lipinski definition) is 2. The minimum Gasteiger partial charge on any atom is -0.492 e. The fourth-order valence-corrected chi connectivity index (χ4v) is 4.62. The summed E-state index contributed by atoms with van der Waals surface area (Å²) in [7, 11) is 0. The van der Waals surface area contributed by atoms with Gasteiger partial charge in [-0.3, -0.25) is 15.0 Å². The Bertz CT molecular complexity index is 1110. The van der Waals surface area contributed by atoms with Crippen LogP contribution in [-0.4, -0.2) is 65.4 Å². The summed E-state index contributed by atoms with van der Waals surface area (Å²) in [6.45, 7) is 6.26. The highest BCUT2D eigenvalue weighted by atomic mass is 19.1. The molecule has 196 valence electrons. The van der Waals surface area contributed by atoms with Gasteiger partial charge in [0.2, 0.25) is 0 Å². The van der Waals surface area contributed by atoms with Crippen LogP contribution in [0.15, 0.2) is 72.8 Å². The number of rotatable bonds is 9. The lowest BCUT2D eigenvalue weighted by molar-refractivity contribution is -0.0710. The molecule has 2 amide bonds. The molecule has 37 heavy (non-hydrogen) atoms. The second-order valence-corrected chi connectivity index (χ2v) is 9.16. The fraction of sp³-hybridized carbons (Fsp3) is 0.321. The van der Waals surface area contributed by atoms with E-state index in [1.54, 1.807) is 55.5 Å². The van der Waals surface area contributed by atoms with Crippen LogP contribution in [0.5, 0.6) is 5.75 Å². The highest BCUT2D eigenvalue weighted by Gasteiger charge is 2.26. The van der Waals surface area contributed by atoms with Gasteiger partial charge in [-0.2, -0.15) is 5.06 Å². The molecule has 1 aliphatic heterocycles. The fourth-order valence-electron chi connectivity index (χ4n) is 4.62. The first kappa shape index (κ1) is 26.5. The molecule has 3 aromatic carbocycles. The number of carbonyl (C=O) groups excluding carboxylic acids is 1. The highest BCUT2D eigenvalue weighted by molar-refractivity contribution is 5.71. The van der Waals surface area contributed by atoms with Crippen molar-refractivity contribution < 1.29 is 23.5 Å². The largest absolute Gasteiger partial charge is 0.492 e. The Morgan fingerprint density at radius 3 is 1.86 bits per heavy atom. The van der Waals surface area contributed by atoms with Crippen LogP contribution in [0.3, 0.4) is 0 Å². The van der Waals surface area contributed by atoms with Crippen molar-refractivity contribution in [3.8, 4) is 5.75 Å².